The normalized spacial score (nSPS) is 15.1. The number of rotatable bonds is 3. The fraction of sp³-hybridized carbons (Fsp3) is 0.391. The van der Waals surface area contributed by atoms with Crippen molar-refractivity contribution >= 4 is 23.6 Å². The third-order valence-electron chi connectivity index (χ3n) is 5.40. The molecule has 3 aromatic rings. The van der Waals surface area contributed by atoms with Crippen LogP contribution in [0.25, 0.3) is 22.5 Å². The predicted octanol–water partition coefficient (Wildman–Crippen LogP) is 4.88. The number of nitrogen functional groups attached to an aromatic ring is 1. The number of hydrogen-bond donors (Lipinski definition) is 2. The van der Waals surface area contributed by atoms with Crippen molar-refractivity contribution in [1.82, 2.24) is 25.1 Å². The lowest BCUT2D eigenvalue weighted by Crippen LogP contribution is -2.41. The summed E-state index contributed by atoms with van der Waals surface area (Å²) >= 11 is 6.08. The second kappa shape index (κ2) is 8.78. The van der Waals surface area contributed by atoms with E-state index in [-0.39, 0.29) is 18.0 Å². The molecule has 0 saturated carbocycles. The maximum absolute atomic E-state index is 12.4. The maximum atomic E-state index is 12.4. The van der Waals surface area contributed by atoms with Crippen LogP contribution in [0.2, 0.25) is 5.02 Å². The molecule has 168 valence electrons. The zero-order valence-corrected chi connectivity index (χ0v) is 19.2. The number of likely N-dealkylation sites (tertiary alicyclic amines) is 1. The number of halogens is 1. The van der Waals surface area contributed by atoms with Crippen molar-refractivity contribution in [3.8, 4) is 22.5 Å². The molecule has 32 heavy (non-hydrogen) atoms. The van der Waals surface area contributed by atoms with E-state index in [2.05, 4.69) is 20.2 Å². The van der Waals surface area contributed by atoms with Crippen LogP contribution in [0.5, 0.6) is 0 Å². The molecule has 1 fully saturated rings. The Labute approximate surface area is 192 Å². The highest BCUT2D eigenvalue weighted by molar-refractivity contribution is 6.30. The van der Waals surface area contributed by atoms with Gasteiger partial charge in [0, 0.05) is 47.0 Å². The molecule has 3 heterocycles. The van der Waals surface area contributed by atoms with Crippen LogP contribution in [-0.4, -0.2) is 49.8 Å². The first-order valence-electron chi connectivity index (χ1n) is 10.6. The number of nitrogens with zero attached hydrogens (tertiary/aromatic N) is 4. The molecule has 1 aliphatic heterocycles. The van der Waals surface area contributed by atoms with Gasteiger partial charge in [0.15, 0.2) is 0 Å². The van der Waals surface area contributed by atoms with E-state index in [0.717, 1.165) is 35.4 Å². The minimum atomic E-state index is -0.509. The Morgan fingerprint density at radius 2 is 1.88 bits per heavy atom. The van der Waals surface area contributed by atoms with E-state index in [0.29, 0.717) is 23.8 Å². The Morgan fingerprint density at radius 1 is 1.19 bits per heavy atom. The topological polar surface area (TPSA) is 110 Å². The summed E-state index contributed by atoms with van der Waals surface area (Å²) < 4.78 is 5.52. The molecule has 8 nitrogen and oxygen atoms in total. The van der Waals surface area contributed by atoms with Crippen molar-refractivity contribution in [1.29, 1.82) is 0 Å². The van der Waals surface area contributed by atoms with Gasteiger partial charge in [-0.3, -0.25) is 5.10 Å². The molecule has 2 aromatic heterocycles. The minimum Gasteiger partial charge on any atom is -0.444 e. The number of amides is 1. The van der Waals surface area contributed by atoms with Gasteiger partial charge in [-0.1, -0.05) is 23.7 Å². The van der Waals surface area contributed by atoms with E-state index in [4.69, 9.17) is 22.1 Å². The fourth-order valence-corrected chi connectivity index (χ4v) is 4.04. The first-order chi connectivity index (χ1) is 15.2. The Kier molecular flexibility index (Phi) is 6.06. The van der Waals surface area contributed by atoms with E-state index in [1.54, 1.807) is 11.1 Å². The molecular formula is C23H27ClN6O2. The SMILES string of the molecule is CC(C)(C)OC(=O)N1CCC(c2[nH]nc(-c3ccc(Cl)cc3)c2-c2ccnc(N)n2)CC1. The standard InChI is InChI=1S/C23H27ClN6O2/c1-23(2,3)32-22(31)30-12-9-15(10-13-30)20-18(17-8-11-26-21(25)27-17)19(28-29-20)14-4-6-16(24)7-5-14/h4-8,11,15H,9-10,12-13H2,1-3H3,(H,28,29)(H2,25,26,27). The van der Waals surface area contributed by atoms with Crippen LogP contribution in [0.4, 0.5) is 10.7 Å². The molecule has 0 bridgehead atoms. The van der Waals surface area contributed by atoms with Crippen molar-refractivity contribution in [2.75, 3.05) is 18.8 Å². The minimum absolute atomic E-state index is 0.188. The van der Waals surface area contributed by atoms with Gasteiger partial charge < -0.3 is 15.4 Å². The quantitative estimate of drug-likeness (QED) is 0.583. The summed E-state index contributed by atoms with van der Waals surface area (Å²) in [7, 11) is 0. The number of H-pyrrole nitrogens is 1. The predicted molar refractivity (Wildman–Crippen MR) is 124 cm³/mol. The number of piperidine rings is 1. The molecule has 1 aromatic carbocycles. The van der Waals surface area contributed by atoms with Gasteiger partial charge in [-0.2, -0.15) is 5.10 Å². The summed E-state index contributed by atoms with van der Waals surface area (Å²) in [6.07, 6.45) is 2.95. The van der Waals surface area contributed by atoms with Gasteiger partial charge in [0.25, 0.3) is 0 Å². The Bertz CT molecular complexity index is 1100. The molecular weight excluding hydrogens is 428 g/mol. The summed E-state index contributed by atoms with van der Waals surface area (Å²) in [5.74, 6) is 0.393. The summed E-state index contributed by atoms with van der Waals surface area (Å²) in [5.41, 5.74) is 9.67. The highest BCUT2D eigenvalue weighted by Gasteiger charge is 2.31. The van der Waals surface area contributed by atoms with Crippen molar-refractivity contribution in [2.45, 2.75) is 45.1 Å². The molecule has 0 atom stereocenters. The molecule has 0 aliphatic carbocycles. The average Bonchev–Trinajstić information content (AvgIpc) is 3.18. The van der Waals surface area contributed by atoms with Gasteiger partial charge in [0.05, 0.1) is 5.69 Å². The van der Waals surface area contributed by atoms with Crippen LogP contribution in [-0.2, 0) is 4.74 Å². The van der Waals surface area contributed by atoms with Crippen LogP contribution in [0.3, 0.4) is 0 Å². The van der Waals surface area contributed by atoms with Crippen LogP contribution in [0.15, 0.2) is 36.5 Å². The summed E-state index contributed by atoms with van der Waals surface area (Å²) in [6, 6.07) is 9.37. The molecule has 3 N–H and O–H groups in total. The highest BCUT2D eigenvalue weighted by atomic mass is 35.5. The Hall–Kier alpha value is -3.13. The zero-order chi connectivity index (χ0) is 22.9. The van der Waals surface area contributed by atoms with Crippen molar-refractivity contribution in [3.05, 3.63) is 47.2 Å². The molecule has 9 heteroatoms. The van der Waals surface area contributed by atoms with E-state index in [9.17, 15) is 4.79 Å². The molecule has 1 amide bonds. The van der Waals surface area contributed by atoms with Crippen LogP contribution in [0.1, 0.15) is 45.2 Å². The number of benzene rings is 1. The molecule has 1 saturated heterocycles. The monoisotopic (exact) mass is 454 g/mol. The summed E-state index contributed by atoms with van der Waals surface area (Å²) in [4.78, 5) is 22.7. The summed E-state index contributed by atoms with van der Waals surface area (Å²) in [6.45, 7) is 6.85. The van der Waals surface area contributed by atoms with Gasteiger partial charge in [-0.15, -0.1) is 0 Å². The number of aromatic amines is 1. The third-order valence-corrected chi connectivity index (χ3v) is 5.65. The Balaban J connectivity index is 1.64. The van der Waals surface area contributed by atoms with Crippen molar-refractivity contribution in [3.63, 3.8) is 0 Å². The summed E-state index contributed by atoms with van der Waals surface area (Å²) in [5, 5.41) is 8.52. The maximum Gasteiger partial charge on any atom is 0.410 e. The molecule has 4 rings (SSSR count). The van der Waals surface area contributed by atoms with Gasteiger partial charge in [-0.25, -0.2) is 14.8 Å². The van der Waals surface area contributed by atoms with Crippen LogP contribution < -0.4 is 5.73 Å². The highest BCUT2D eigenvalue weighted by Crippen LogP contribution is 2.39. The van der Waals surface area contributed by atoms with Crippen molar-refractivity contribution in [2.24, 2.45) is 0 Å². The fourth-order valence-electron chi connectivity index (χ4n) is 3.92. The number of anilines is 1. The second-order valence-electron chi connectivity index (χ2n) is 8.91. The van der Waals surface area contributed by atoms with Gasteiger partial charge >= 0.3 is 6.09 Å². The largest absolute Gasteiger partial charge is 0.444 e. The molecule has 0 radical (unpaired) electrons. The lowest BCUT2D eigenvalue weighted by molar-refractivity contribution is 0.0204. The number of nitrogens with one attached hydrogen (secondary N) is 1. The number of carbonyl (C=O) groups excluding carboxylic acids is 1. The first-order valence-corrected chi connectivity index (χ1v) is 11.0. The van der Waals surface area contributed by atoms with E-state index < -0.39 is 5.60 Å². The van der Waals surface area contributed by atoms with E-state index in [1.165, 1.54) is 0 Å². The second-order valence-corrected chi connectivity index (χ2v) is 9.35. The van der Waals surface area contributed by atoms with Gasteiger partial charge in [-0.05, 0) is 51.8 Å². The number of ether oxygens (including phenoxy) is 1. The van der Waals surface area contributed by atoms with Gasteiger partial charge in [0.2, 0.25) is 5.95 Å². The first kappa shape index (κ1) is 22.1. The van der Waals surface area contributed by atoms with E-state index in [1.807, 2.05) is 51.1 Å². The molecule has 1 aliphatic rings. The number of aromatic nitrogens is 4. The molecule has 0 unspecified atom stereocenters. The van der Waals surface area contributed by atoms with E-state index >= 15 is 0 Å². The lowest BCUT2D eigenvalue weighted by Gasteiger charge is -2.33. The third kappa shape index (κ3) is 4.85. The van der Waals surface area contributed by atoms with Crippen molar-refractivity contribution < 1.29 is 9.53 Å². The zero-order valence-electron chi connectivity index (χ0n) is 18.4. The number of carbonyl (C=O) groups is 1. The van der Waals surface area contributed by atoms with Crippen LogP contribution >= 0.6 is 11.6 Å². The number of nitrogens with two attached hydrogens (primary N) is 1. The van der Waals surface area contributed by atoms with Crippen LogP contribution in [0, 0.1) is 0 Å². The lowest BCUT2D eigenvalue weighted by atomic mass is 9.89. The number of hydrogen-bond acceptors (Lipinski definition) is 6. The smallest absolute Gasteiger partial charge is 0.410 e. The van der Waals surface area contributed by atoms with Gasteiger partial charge in [0.1, 0.15) is 11.3 Å². The Morgan fingerprint density at radius 3 is 2.50 bits per heavy atom. The average molecular weight is 455 g/mol. The molecule has 0 spiro atoms.